The second-order valence-corrected chi connectivity index (χ2v) is 5.63. The molecule has 0 bridgehead atoms. The first kappa shape index (κ1) is 13.3. The Hall–Kier alpha value is -1.10. The van der Waals surface area contributed by atoms with Gasteiger partial charge in [0.25, 0.3) is 0 Å². The van der Waals surface area contributed by atoms with Crippen molar-refractivity contribution in [1.82, 2.24) is 10.2 Å². The Bertz CT molecular complexity index is 335. The number of carboxylic acids is 1. The van der Waals surface area contributed by atoms with E-state index >= 15 is 0 Å². The topological polar surface area (TPSA) is 69.6 Å². The number of carbonyl (C=O) groups is 2. The van der Waals surface area contributed by atoms with Gasteiger partial charge in [0.1, 0.15) is 5.54 Å². The fourth-order valence-corrected chi connectivity index (χ4v) is 2.61. The Morgan fingerprint density at radius 2 is 1.94 bits per heavy atom. The van der Waals surface area contributed by atoms with Crippen molar-refractivity contribution in [3.05, 3.63) is 0 Å². The van der Waals surface area contributed by atoms with Gasteiger partial charge in [-0.05, 0) is 51.6 Å². The second-order valence-electron chi connectivity index (χ2n) is 5.63. The molecule has 2 N–H and O–H groups in total. The molecule has 5 heteroatoms. The maximum atomic E-state index is 11.9. The number of hydrogen-bond acceptors (Lipinski definition) is 3. The van der Waals surface area contributed by atoms with E-state index in [-0.39, 0.29) is 11.8 Å². The van der Waals surface area contributed by atoms with Gasteiger partial charge in [0, 0.05) is 13.0 Å². The number of hydrogen-bond donors (Lipinski definition) is 2. The molecule has 2 aliphatic rings. The lowest BCUT2D eigenvalue weighted by Crippen LogP contribution is -2.54. The average molecular weight is 254 g/mol. The quantitative estimate of drug-likeness (QED) is 0.737. The molecule has 0 aromatic heterocycles. The van der Waals surface area contributed by atoms with Crippen LogP contribution in [0.5, 0.6) is 0 Å². The van der Waals surface area contributed by atoms with Gasteiger partial charge in [0.2, 0.25) is 5.91 Å². The predicted molar refractivity (Wildman–Crippen MR) is 67.2 cm³/mol. The van der Waals surface area contributed by atoms with Crippen LogP contribution in [0.3, 0.4) is 0 Å². The molecule has 0 spiro atoms. The van der Waals surface area contributed by atoms with Gasteiger partial charge in [-0.2, -0.15) is 0 Å². The molecule has 1 unspecified atom stereocenters. The molecule has 18 heavy (non-hydrogen) atoms. The highest BCUT2D eigenvalue weighted by Gasteiger charge is 2.48. The van der Waals surface area contributed by atoms with Crippen LogP contribution in [0.15, 0.2) is 0 Å². The largest absolute Gasteiger partial charge is 0.480 e. The van der Waals surface area contributed by atoms with Crippen molar-refractivity contribution in [3.63, 3.8) is 0 Å². The number of amides is 1. The number of aliphatic carboxylic acids is 1. The minimum atomic E-state index is -1.07. The summed E-state index contributed by atoms with van der Waals surface area (Å²) in [5.74, 6) is -0.955. The van der Waals surface area contributed by atoms with Crippen molar-refractivity contribution in [2.24, 2.45) is 5.92 Å². The van der Waals surface area contributed by atoms with Gasteiger partial charge in [0.15, 0.2) is 0 Å². The standard InChI is InChI=1S/C13H22N2O3/c1-13(12(17)18,10-4-5-10)14-11(16)6-9-15-7-2-3-8-15/h10H,2-9H2,1H3,(H,14,16)(H,17,18). The first-order chi connectivity index (χ1) is 8.52. The van der Waals surface area contributed by atoms with E-state index in [9.17, 15) is 14.7 Å². The van der Waals surface area contributed by atoms with Gasteiger partial charge < -0.3 is 15.3 Å². The second kappa shape index (κ2) is 5.26. The van der Waals surface area contributed by atoms with Crippen molar-refractivity contribution in [2.75, 3.05) is 19.6 Å². The van der Waals surface area contributed by atoms with Crippen LogP contribution >= 0.6 is 0 Å². The molecule has 1 aliphatic heterocycles. The molecule has 1 atom stereocenters. The third kappa shape index (κ3) is 3.02. The summed E-state index contributed by atoms with van der Waals surface area (Å²) in [5, 5.41) is 12.0. The van der Waals surface area contributed by atoms with Crippen molar-refractivity contribution >= 4 is 11.9 Å². The summed E-state index contributed by atoms with van der Waals surface area (Å²) < 4.78 is 0. The van der Waals surface area contributed by atoms with E-state index in [1.807, 2.05) is 0 Å². The maximum Gasteiger partial charge on any atom is 0.329 e. The summed E-state index contributed by atoms with van der Waals surface area (Å²) >= 11 is 0. The van der Waals surface area contributed by atoms with Crippen LogP contribution in [-0.4, -0.2) is 47.1 Å². The van der Waals surface area contributed by atoms with Gasteiger partial charge >= 0.3 is 5.97 Å². The van der Waals surface area contributed by atoms with Crippen LogP contribution in [-0.2, 0) is 9.59 Å². The van der Waals surface area contributed by atoms with Crippen molar-refractivity contribution < 1.29 is 14.7 Å². The molecule has 1 aliphatic carbocycles. The molecule has 0 aromatic carbocycles. The molecule has 1 saturated heterocycles. The van der Waals surface area contributed by atoms with Crippen LogP contribution in [0, 0.1) is 5.92 Å². The van der Waals surface area contributed by atoms with Crippen LogP contribution in [0.25, 0.3) is 0 Å². The molecule has 1 saturated carbocycles. The number of carbonyl (C=O) groups excluding carboxylic acids is 1. The lowest BCUT2D eigenvalue weighted by atomic mass is 9.96. The lowest BCUT2D eigenvalue weighted by Gasteiger charge is -2.26. The summed E-state index contributed by atoms with van der Waals surface area (Å²) in [6, 6.07) is 0. The highest BCUT2D eigenvalue weighted by molar-refractivity contribution is 5.87. The number of rotatable bonds is 6. The number of nitrogens with zero attached hydrogens (tertiary/aromatic N) is 1. The first-order valence-electron chi connectivity index (χ1n) is 6.79. The van der Waals surface area contributed by atoms with Crippen LogP contribution in [0.1, 0.15) is 39.0 Å². The molecule has 1 heterocycles. The first-order valence-corrected chi connectivity index (χ1v) is 6.79. The Balaban J connectivity index is 1.79. The summed E-state index contributed by atoms with van der Waals surface area (Å²) in [6.45, 7) is 4.49. The Morgan fingerprint density at radius 3 is 2.44 bits per heavy atom. The van der Waals surface area contributed by atoms with Crippen molar-refractivity contribution in [1.29, 1.82) is 0 Å². The van der Waals surface area contributed by atoms with Gasteiger partial charge in [-0.15, -0.1) is 0 Å². The van der Waals surface area contributed by atoms with E-state index in [0.29, 0.717) is 6.42 Å². The molecular formula is C13H22N2O3. The normalized spacial score (nSPS) is 23.6. The van der Waals surface area contributed by atoms with E-state index in [0.717, 1.165) is 32.5 Å². The summed E-state index contributed by atoms with van der Waals surface area (Å²) in [7, 11) is 0. The Morgan fingerprint density at radius 1 is 1.33 bits per heavy atom. The lowest BCUT2D eigenvalue weighted by molar-refractivity contribution is -0.148. The summed E-state index contributed by atoms with van der Waals surface area (Å²) in [4.78, 5) is 25.4. The zero-order chi connectivity index (χ0) is 13.2. The number of nitrogens with one attached hydrogen (secondary N) is 1. The minimum absolute atomic E-state index is 0.103. The molecule has 1 amide bonds. The average Bonchev–Trinajstić information content (AvgIpc) is 3.04. The zero-order valence-electron chi connectivity index (χ0n) is 10.9. The summed E-state index contributed by atoms with van der Waals surface area (Å²) in [5.41, 5.74) is -1.07. The minimum Gasteiger partial charge on any atom is -0.480 e. The predicted octanol–water partition coefficient (Wildman–Crippen LogP) is 0.842. The molecule has 0 radical (unpaired) electrons. The molecular weight excluding hydrogens is 232 g/mol. The van der Waals surface area contributed by atoms with Crippen molar-refractivity contribution in [2.45, 2.75) is 44.6 Å². The fourth-order valence-electron chi connectivity index (χ4n) is 2.61. The van der Waals surface area contributed by atoms with E-state index < -0.39 is 11.5 Å². The molecule has 5 nitrogen and oxygen atoms in total. The molecule has 0 aromatic rings. The fraction of sp³-hybridized carbons (Fsp3) is 0.846. The maximum absolute atomic E-state index is 11.9. The number of likely N-dealkylation sites (tertiary alicyclic amines) is 1. The van der Waals surface area contributed by atoms with Crippen LogP contribution < -0.4 is 5.32 Å². The van der Waals surface area contributed by atoms with Gasteiger partial charge in [-0.3, -0.25) is 4.79 Å². The van der Waals surface area contributed by atoms with Gasteiger partial charge in [-0.25, -0.2) is 4.79 Å². The Kier molecular flexibility index (Phi) is 3.90. The van der Waals surface area contributed by atoms with Gasteiger partial charge in [-0.1, -0.05) is 0 Å². The zero-order valence-corrected chi connectivity index (χ0v) is 10.9. The molecule has 2 fully saturated rings. The van der Waals surface area contributed by atoms with E-state index in [4.69, 9.17) is 0 Å². The highest BCUT2D eigenvalue weighted by atomic mass is 16.4. The van der Waals surface area contributed by atoms with Crippen molar-refractivity contribution in [3.8, 4) is 0 Å². The van der Waals surface area contributed by atoms with E-state index in [1.165, 1.54) is 12.8 Å². The Labute approximate surface area is 108 Å². The summed E-state index contributed by atoms with van der Waals surface area (Å²) in [6.07, 6.45) is 4.60. The van der Waals surface area contributed by atoms with E-state index in [2.05, 4.69) is 10.2 Å². The molecule has 102 valence electrons. The monoisotopic (exact) mass is 254 g/mol. The van der Waals surface area contributed by atoms with E-state index in [1.54, 1.807) is 6.92 Å². The third-order valence-corrected chi connectivity index (χ3v) is 4.09. The van der Waals surface area contributed by atoms with Gasteiger partial charge in [0.05, 0.1) is 0 Å². The smallest absolute Gasteiger partial charge is 0.329 e. The SMILES string of the molecule is CC(NC(=O)CCN1CCCC1)(C(=O)O)C1CC1. The number of carboxylic acid groups (broad SMARTS) is 1. The van der Waals surface area contributed by atoms with Crippen LogP contribution in [0.2, 0.25) is 0 Å². The van der Waals surface area contributed by atoms with Crippen LogP contribution in [0.4, 0.5) is 0 Å². The highest BCUT2D eigenvalue weighted by Crippen LogP contribution is 2.39. The molecule has 2 rings (SSSR count). The third-order valence-electron chi connectivity index (χ3n) is 4.09.